The maximum absolute atomic E-state index is 11.7. The van der Waals surface area contributed by atoms with Crippen molar-refractivity contribution in [3.05, 3.63) is 112 Å². The number of aryl methyl sites for hydroxylation is 3. The molecule has 3 aromatic carbocycles. The molecule has 0 aliphatic heterocycles. The highest BCUT2D eigenvalue weighted by Crippen LogP contribution is 2.33. The zero-order valence-corrected chi connectivity index (χ0v) is 26.6. The van der Waals surface area contributed by atoms with E-state index in [2.05, 4.69) is 25.3 Å². The van der Waals surface area contributed by atoms with E-state index in [0.717, 1.165) is 44.7 Å². The first kappa shape index (κ1) is 34.1. The minimum Gasteiger partial charge on any atom is -0.507 e. The van der Waals surface area contributed by atoms with Crippen LogP contribution in [0.2, 0.25) is 0 Å². The van der Waals surface area contributed by atoms with E-state index in [0.29, 0.717) is 42.8 Å². The summed E-state index contributed by atoms with van der Waals surface area (Å²) >= 11 is 0. The van der Waals surface area contributed by atoms with E-state index in [4.69, 9.17) is 18.9 Å². The van der Waals surface area contributed by atoms with Crippen LogP contribution in [0.25, 0.3) is 0 Å². The van der Waals surface area contributed by atoms with Crippen LogP contribution in [-0.2, 0) is 31.9 Å². The second kappa shape index (κ2) is 16.5. The number of rotatable bonds is 17. The van der Waals surface area contributed by atoms with Gasteiger partial charge in [0.1, 0.15) is 30.5 Å². The largest absolute Gasteiger partial charge is 0.507 e. The number of hydrogen-bond donors (Lipinski definition) is 1. The van der Waals surface area contributed by atoms with Gasteiger partial charge in [-0.05, 0) is 74.6 Å². The second-order valence-corrected chi connectivity index (χ2v) is 11.2. The van der Waals surface area contributed by atoms with Gasteiger partial charge in [-0.2, -0.15) is 0 Å². The monoisotopic (exact) mass is 600 g/mol. The van der Waals surface area contributed by atoms with Gasteiger partial charge in [-0.15, -0.1) is 0 Å². The minimum atomic E-state index is -0.405. The number of Topliss-reactive ketones (excluding diaryl/α,β-unsaturated/α-hetero) is 1. The lowest BCUT2D eigenvalue weighted by atomic mass is 9.94. The third-order valence-corrected chi connectivity index (χ3v) is 6.93. The van der Waals surface area contributed by atoms with E-state index in [1.165, 1.54) is 0 Å². The first-order valence-corrected chi connectivity index (χ1v) is 14.8. The molecule has 3 rings (SSSR count). The summed E-state index contributed by atoms with van der Waals surface area (Å²) in [6.07, 6.45) is 1.51. The van der Waals surface area contributed by atoms with Crippen molar-refractivity contribution >= 4 is 11.8 Å². The number of phenols is 1. The van der Waals surface area contributed by atoms with Crippen molar-refractivity contribution in [2.75, 3.05) is 33.0 Å². The highest BCUT2D eigenvalue weighted by molar-refractivity contribution is 5.95. The molecule has 0 unspecified atom stereocenters. The Morgan fingerprint density at radius 1 is 0.682 bits per heavy atom. The van der Waals surface area contributed by atoms with E-state index in [1.54, 1.807) is 13.8 Å². The molecule has 0 saturated carbocycles. The van der Waals surface area contributed by atoms with Gasteiger partial charge in [-0.3, -0.25) is 4.79 Å². The Balaban J connectivity index is 1.72. The van der Waals surface area contributed by atoms with E-state index >= 15 is 0 Å². The number of carbonyl (C=O) groups excluding carboxylic acids is 2. The van der Waals surface area contributed by atoms with Crippen molar-refractivity contribution in [1.29, 1.82) is 0 Å². The van der Waals surface area contributed by atoms with E-state index < -0.39 is 5.97 Å². The molecule has 0 bridgehead atoms. The Hall–Kier alpha value is -4.36. The highest BCUT2D eigenvalue weighted by Gasteiger charge is 2.16. The van der Waals surface area contributed by atoms with Gasteiger partial charge in [-0.25, -0.2) is 4.79 Å². The van der Waals surface area contributed by atoms with Crippen molar-refractivity contribution in [2.45, 2.75) is 53.9 Å². The van der Waals surface area contributed by atoms with Gasteiger partial charge < -0.3 is 24.1 Å². The summed E-state index contributed by atoms with van der Waals surface area (Å²) in [5, 5.41) is 11.4. The Labute approximate surface area is 261 Å². The molecule has 44 heavy (non-hydrogen) atoms. The molecule has 0 aromatic heterocycles. The predicted octanol–water partition coefficient (Wildman–Crippen LogP) is 6.93. The normalized spacial score (nSPS) is 10.8. The molecule has 0 radical (unpaired) electrons. The maximum Gasteiger partial charge on any atom is 0.333 e. The van der Waals surface area contributed by atoms with Crippen LogP contribution >= 0.6 is 0 Å². The molecular formula is C37H44O7. The van der Waals surface area contributed by atoms with Crippen LogP contribution in [-0.4, -0.2) is 49.9 Å². The van der Waals surface area contributed by atoms with Crippen molar-refractivity contribution in [2.24, 2.45) is 0 Å². The van der Waals surface area contributed by atoms with Crippen LogP contribution in [0, 0.1) is 20.8 Å². The van der Waals surface area contributed by atoms with Gasteiger partial charge in [0.15, 0.2) is 5.78 Å². The number of hydrogen-bond acceptors (Lipinski definition) is 7. The molecule has 0 spiro atoms. The first-order valence-electron chi connectivity index (χ1n) is 14.8. The molecule has 0 aliphatic carbocycles. The Morgan fingerprint density at radius 2 is 1.20 bits per heavy atom. The molecule has 7 nitrogen and oxygen atoms in total. The fourth-order valence-electron chi connectivity index (χ4n) is 4.62. The second-order valence-electron chi connectivity index (χ2n) is 11.2. The van der Waals surface area contributed by atoms with Crippen LogP contribution in [0.5, 0.6) is 17.2 Å². The van der Waals surface area contributed by atoms with Crippen molar-refractivity contribution in [1.82, 2.24) is 0 Å². The number of benzene rings is 3. The summed E-state index contributed by atoms with van der Waals surface area (Å²) in [7, 11) is 0. The molecule has 7 heteroatoms. The average molecular weight is 601 g/mol. The molecule has 234 valence electrons. The van der Waals surface area contributed by atoms with Gasteiger partial charge in [0.05, 0.1) is 19.8 Å². The number of esters is 1. The molecular weight excluding hydrogens is 556 g/mol. The quantitative estimate of drug-likeness (QED) is 0.102. The van der Waals surface area contributed by atoms with Crippen LogP contribution in [0.15, 0.2) is 72.8 Å². The Morgan fingerprint density at radius 3 is 1.73 bits per heavy atom. The lowest BCUT2D eigenvalue weighted by Crippen LogP contribution is -2.14. The summed E-state index contributed by atoms with van der Waals surface area (Å²) in [6, 6.07) is 16.0. The fraction of sp³-hybridized carbons (Fsp3) is 0.351. The molecule has 0 amide bonds. The SMILES string of the molecule is C=C(C)C(=O)COCCOc1ccc(C)cc1Cc1cc(C)cc(Cc2cc(C)ccc2OCCCOC(=O)C(=C)C)c1O. The van der Waals surface area contributed by atoms with Crippen LogP contribution in [0.4, 0.5) is 0 Å². The molecule has 0 heterocycles. The number of carbonyl (C=O) groups is 2. The van der Waals surface area contributed by atoms with E-state index in [-0.39, 0.29) is 38.0 Å². The topological polar surface area (TPSA) is 91.3 Å². The summed E-state index contributed by atoms with van der Waals surface area (Å²) in [4.78, 5) is 23.3. The van der Waals surface area contributed by atoms with Gasteiger partial charge in [-0.1, -0.05) is 66.2 Å². The highest BCUT2D eigenvalue weighted by atomic mass is 16.5. The molecule has 0 fully saturated rings. The third kappa shape index (κ3) is 10.4. The van der Waals surface area contributed by atoms with Crippen molar-refractivity contribution in [3.63, 3.8) is 0 Å². The smallest absolute Gasteiger partial charge is 0.333 e. The molecule has 0 aliphatic rings. The number of aromatic hydroxyl groups is 1. The van der Waals surface area contributed by atoms with Gasteiger partial charge in [0.2, 0.25) is 0 Å². The molecule has 3 aromatic rings. The number of phenolic OH excluding ortho intramolecular Hbond substituents is 1. The predicted molar refractivity (Wildman–Crippen MR) is 173 cm³/mol. The lowest BCUT2D eigenvalue weighted by Gasteiger charge is -2.17. The maximum atomic E-state index is 11.7. The Kier molecular flexibility index (Phi) is 12.8. The lowest BCUT2D eigenvalue weighted by molar-refractivity contribution is -0.139. The van der Waals surface area contributed by atoms with Gasteiger partial charge >= 0.3 is 5.97 Å². The van der Waals surface area contributed by atoms with E-state index in [9.17, 15) is 14.7 Å². The van der Waals surface area contributed by atoms with Crippen molar-refractivity contribution in [3.8, 4) is 17.2 Å². The fourth-order valence-corrected chi connectivity index (χ4v) is 4.62. The molecule has 0 saturated heterocycles. The first-order chi connectivity index (χ1) is 20.9. The number of ether oxygens (including phenoxy) is 4. The standard InChI is InChI=1S/C37H44O7/c1-24(2)33(38)23-41-15-16-43-35-12-10-27(6)18-30(35)22-32-20-28(7)19-31(36(32)39)21-29-17-26(5)9-11-34(29)42-13-8-14-44-37(40)25(3)4/h9-12,17-20,39H,1,3,8,13-16,21-23H2,2,4-7H3. The van der Waals surface area contributed by atoms with Crippen LogP contribution in [0.1, 0.15) is 59.2 Å². The third-order valence-electron chi connectivity index (χ3n) is 6.93. The zero-order valence-electron chi connectivity index (χ0n) is 26.6. The zero-order chi connectivity index (χ0) is 32.2. The van der Waals surface area contributed by atoms with Crippen molar-refractivity contribution < 1.29 is 33.6 Å². The Bertz CT molecular complexity index is 1390. The summed E-state index contributed by atoms with van der Waals surface area (Å²) < 4.78 is 22.7. The van der Waals surface area contributed by atoms with Gasteiger partial charge in [0, 0.05) is 24.8 Å². The minimum absolute atomic E-state index is 0.0159. The van der Waals surface area contributed by atoms with Crippen LogP contribution < -0.4 is 9.47 Å². The van der Waals surface area contributed by atoms with E-state index in [1.807, 2.05) is 57.2 Å². The van der Waals surface area contributed by atoms with Gasteiger partial charge in [0.25, 0.3) is 0 Å². The average Bonchev–Trinajstić information content (AvgIpc) is 2.96. The molecule has 0 atom stereocenters. The summed E-state index contributed by atoms with van der Waals surface area (Å²) in [6.45, 7) is 17.7. The van der Waals surface area contributed by atoms with Crippen LogP contribution in [0.3, 0.4) is 0 Å². The summed E-state index contributed by atoms with van der Waals surface area (Å²) in [5.74, 6) is 1.14. The summed E-state index contributed by atoms with van der Waals surface area (Å²) in [5.41, 5.74) is 7.55. The number of ketones is 1. The molecule has 1 N–H and O–H groups in total.